The van der Waals surface area contributed by atoms with Crippen molar-refractivity contribution in [1.82, 2.24) is 9.55 Å². The van der Waals surface area contributed by atoms with E-state index >= 15 is 0 Å². The van der Waals surface area contributed by atoms with E-state index in [1.807, 2.05) is 6.20 Å². The minimum absolute atomic E-state index is 0. The second kappa shape index (κ2) is 12.9. The van der Waals surface area contributed by atoms with Crippen LogP contribution < -0.4 is 0 Å². The molecule has 0 unspecified atom stereocenters. The van der Waals surface area contributed by atoms with Crippen molar-refractivity contribution >= 4 is 27.7 Å². The second-order valence-electron chi connectivity index (χ2n) is 13.9. The number of hydrogen-bond acceptors (Lipinski definition) is 3. The topological polar surface area (TPSA) is 39.4 Å². The molecule has 0 bridgehead atoms. The zero-order chi connectivity index (χ0) is 31.3. The number of fused-ring (bicyclic) bond motifs is 3. The Hall–Kier alpha value is -4.01. The number of nitrogens with zero attached hydrogens (tertiary/aromatic N) is 3. The average Bonchev–Trinajstić information content (AvgIpc) is 3.72. The molecule has 47 heavy (non-hydrogen) atoms. The van der Waals surface area contributed by atoms with Gasteiger partial charge in [0.05, 0.1) is 12.6 Å². The van der Waals surface area contributed by atoms with Crippen LogP contribution in [0.2, 0.25) is 0 Å². The normalized spacial score (nSPS) is 17.0. The Morgan fingerprint density at radius 2 is 1.55 bits per heavy atom. The molecule has 2 aliphatic rings. The summed E-state index contributed by atoms with van der Waals surface area (Å²) in [7, 11) is 0. The van der Waals surface area contributed by atoms with Gasteiger partial charge in [-0.1, -0.05) is 111 Å². The van der Waals surface area contributed by atoms with Crippen LogP contribution in [0, 0.1) is 18.1 Å². The van der Waals surface area contributed by atoms with Crippen LogP contribution in [0.1, 0.15) is 64.0 Å². The minimum Gasteiger partial charge on any atom is -0.518 e. The van der Waals surface area contributed by atoms with E-state index < -0.39 is 0 Å². The van der Waals surface area contributed by atoms with E-state index in [2.05, 4.69) is 128 Å². The first-order valence-corrected chi connectivity index (χ1v) is 16.7. The molecule has 1 atom stereocenters. The maximum absolute atomic E-state index is 6.35. The molecule has 0 radical (unpaired) electrons. The third-order valence-corrected chi connectivity index (χ3v) is 9.79. The molecule has 8 rings (SSSR count). The summed E-state index contributed by atoms with van der Waals surface area (Å²) in [5.41, 5.74) is 9.40. The molecule has 5 heteroatoms. The van der Waals surface area contributed by atoms with Gasteiger partial charge in [-0.05, 0) is 69.7 Å². The van der Waals surface area contributed by atoms with Gasteiger partial charge in [0.25, 0.3) is 0 Å². The van der Waals surface area contributed by atoms with Crippen LogP contribution >= 0.6 is 0 Å². The molecular formula is C42H39N3OPt. The van der Waals surface area contributed by atoms with Crippen LogP contribution in [0.25, 0.3) is 49.9 Å². The number of benzene rings is 4. The summed E-state index contributed by atoms with van der Waals surface area (Å²) in [4.78, 5) is 9.95. The van der Waals surface area contributed by atoms with Gasteiger partial charge in [-0.3, -0.25) is 4.99 Å². The smallest absolute Gasteiger partial charge is 0.518 e. The Balaban J connectivity index is 0.00000351. The van der Waals surface area contributed by atoms with Gasteiger partial charge in [0.1, 0.15) is 5.90 Å². The largest absolute Gasteiger partial charge is 2.00 e. The third-order valence-electron chi connectivity index (χ3n) is 9.79. The van der Waals surface area contributed by atoms with Crippen molar-refractivity contribution in [2.75, 3.05) is 6.61 Å². The van der Waals surface area contributed by atoms with E-state index in [1.54, 1.807) is 0 Å². The number of ether oxygens (including phenoxy) is 1. The van der Waals surface area contributed by atoms with Gasteiger partial charge in [0.15, 0.2) is 0 Å². The number of hydrogen-bond donors (Lipinski definition) is 0. The van der Waals surface area contributed by atoms with Crippen LogP contribution in [0.15, 0.2) is 102 Å². The number of pyridine rings is 1. The van der Waals surface area contributed by atoms with Crippen molar-refractivity contribution in [3.8, 4) is 28.1 Å². The molecule has 6 aromatic rings. The zero-order valence-electron chi connectivity index (χ0n) is 27.2. The predicted octanol–water partition coefficient (Wildman–Crippen LogP) is 10.1. The van der Waals surface area contributed by atoms with Crippen molar-refractivity contribution < 1.29 is 25.8 Å². The van der Waals surface area contributed by atoms with E-state index in [4.69, 9.17) is 14.7 Å². The maximum atomic E-state index is 6.35. The van der Waals surface area contributed by atoms with Crippen LogP contribution in [0.4, 0.5) is 0 Å². The molecule has 1 fully saturated rings. The van der Waals surface area contributed by atoms with Gasteiger partial charge in [0, 0.05) is 11.7 Å². The second-order valence-corrected chi connectivity index (χ2v) is 13.9. The van der Waals surface area contributed by atoms with Gasteiger partial charge < -0.3 is 14.3 Å². The fourth-order valence-electron chi connectivity index (χ4n) is 7.22. The van der Waals surface area contributed by atoms with Crippen LogP contribution in [0.5, 0.6) is 0 Å². The molecule has 0 saturated heterocycles. The Morgan fingerprint density at radius 3 is 2.36 bits per heavy atom. The first kappa shape index (κ1) is 31.6. The van der Waals surface area contributed by atoms with Gasteiger partial charge >= 0.3 is 21.1 Å². The van der Waals surface area contributed by atoms with Crippen molar-refractivity contribution in [3.63, 3.8) is 0 Å². The summed E-state index contributed by atoms with van der Waals surface area (Å²) >= 11 is 0. The standard InChI is InChI=1S/C42H39N3O.Pt/c1-42(2,3)33-20-21-43-37(26-33)30-18-19-36-35-16-10-11-17-39(35)45(40(36)25-30)34-23-31(28-12-6-4-7-13-28)22-32(24-34)41-44-38(27-46-41)29-14-8-5-9-15-29;/h4,6-7,10-13,16-23,26,29,38H,5,8-9,14-15,27H2,1-3H3;/q-2;+2/t38-;/m0./s1. The maximum Gasteiger partial charge on any atom is 2.00 e. The first-order chi connectivity index (χ1) is 22.4. The quantitative estimate of drug-likeness (QED) is 0.163. The first-order valence-electron chi connectivity index (χ1n) is 16.7. The van der Waals surface area contributed by atoms with Crippen LogP contribution in [-0.2, 0) is 31.2 Å². The van der Waals surface area contributed by atoms with Crippen molar-refractivity contribution in [1.29, 1.82) is 0 Å². The van der Waals surface area contributed by atoms with Crippen LogP contribution in [-0.4, -0.2) is 28.1 Å². The zero-order valence-corrected chi connectivity index (χ0v) is 29.5. The molecule has 0 N–H and O–H groups in total. The predicted molar refractivity (Wildman–Crippen MR) is 189 cm³/mol. The van der Waals surface area contributed by atoms with Crippen LogP contribution in [0.3, 0.4) is 0 Å². The summed E-state index contributed by atoms with van der Waals surface area (Å²) in [6, 6.07) is 40.0. The fourth-order valence-corrected chi connectivity index (χ4v) is 7.22. The molecule has 0 spiro atoms. The molecular weight excluding hydrogens is 758 g/mol. The molecule has 0 amide bonds. The average molecular weight is 797 g/mol. The van der Waals surface area contributed by atoms with Crippen molar-refractivity contribution in [3.05, 3.63) is 120 Å². The third kappa shape index (κ3) is 6.09. The Kier molecular flexibility index (Phi) is 8.66. The van der Waals surface area contributed by atoms with Gasteiger partial charge in [-0.25, -0.2) is 0 Å². The SMILES string of the molecule is CC(C)(C)c1ccnc(-c2[c-]c3c(cc2)c2ccccc2n3-c2[c-]c(C3=N[C@H](C4CCCCC4)CO3)cc(-c3ccccc3)c2)c1.[Pt+2]. The van der Waals surface area contributed by atoms with Gasteiger partial charge in [-0.15, -0.1) is 42.0 Å². The van der Waals surface area contributed by atoms with E-state index in [0.29, 0.717) is 18.4 Å². The molecule has 4 nitrogen and oxygen atoms in total. The molecule has 3 heterocycles. The Morgan fingerprint density at radius 1 is 0.766 bits per heavy atom. The molecule has 1 aliphatic heterocycles. The monoisotopic (exact) mass is 796 g/mol. The number of rotatable bonds is 5. The molecule has 238 valence electrons. The Labute approximate surface area is 292 Å². The molecule has 1 saturated carbocycles. The minimum atomic E-state index is 0. The molecule has 2 aromatic heterocycles. The Bertz CT molecular complexity index is 2080. The van der Waals surface area contributed by atoms with Gasteiger partial charge in [-0.2, -0.15) is 0 Å². The molecule has 4 aromatic carbocycles. The summed E-state index contributed by atoms with van der Waals surface area (Å²) < 4.78 is 8.65. The number of aliphatic imine (C=N–C) groups is 1. The fraction of sp³-hybridized carbons (Fsp3) is 0.286. The summed E-state index contributed by atoms with van der Waals surface area (Å²) in [5.74, 6) is 1.32. The van der Waals surface area contributed by atoms with Gasteiger partial charge in [0.2, 0.25) is 0 Å². The van der Waals surface area contributed by atoms with Crippen molar-refractivity contribution in [2.24, 2.45) is 10.9 Å². The van der Waals surface area contributed by atoms with E-state index in [-0.39, 0.29) is 32.5 Å². The molecule has 1 aliphatic carbocycles. The van der Waals surface area contributed by atoms with E-state index in [0.717, 1.165) is 50.1 Å². The summed E-state index contributed by atoms with van der Waals surface area (Å²) in [5, 5.41) is 2.33. The van der Waals surface area contributed by atoms with Crippen molar-refractivity contribution in [2.45, 2.75) is 64.3 Å². The van der Waals surface area contributed by atoms with E-state index in [9.17, 15) is 0 Å². The van der Waals surface area contributed by atoms with E-state index in [1.165, 1.54) is 43.1 Å². The number of para-hydroxylation sites is 1. The summed E-state index contributed by atoms with van der Waals surface area (Å²) in [6.07, 6.45) is 8.35. The number of aromatic nitrogens is 2. The summed E-state index contributed by atoms with van der Waals surface area (Å²) in [6.45, 7) is 7.37.